The second-order valence-electron chi connectivity index (χ2n) is 5.29. The lowest BCUT2D eigenvalue weighted by molar-refractivity contribution is 0.391. The van der Waals surface area contributed by atoms with E-state index in [1.165, 1.54) is 19.3 Å². The molecule has 1 aromatic rings. The third-order valence-electron chi connectivity index (χ3n) is 4.17. The number of pyridine rings is 1. The Morgan fingerprint density at radius 2 is 2.24 bits per heavy atom. The van der Waals surface area contributed by atoms with Crippen LogP contribution in [0.2, 0.25) is 0 Å². The molecule has 3 N–H and O–H groups in total. The molecule has 0 bridgehead atoms. The fraction of sp³-hybridized carbons (Fsp3) is 0.643. The average Bonchev–Trinajstić information content (AvgIpc) is 2.64. The number of rotatable bonds is 3. The van der Waals surface area contributed by atoms with E-state index in [4.69, 9.17) is 5.73 Å². The SMILES string of the molecule is CCC1CCC(Nc2ncc(N)cc2C)C1C. The average molecular weight is 233 g/mol. The third-order valence-corrected chi connectivity index (χ3v) is 4.17. The van der Waals surface area contributed by atoms with Gasteiger partial charge < -0.3 is 11.1 Å². The molecule has 17 heavy (non-hydrogen) atoms. The summed E-state index contributed by atoms with van der Waals surface area (Å²) in [6.07, 6.45) is 5.61. The summed E-state index contributed by atoms with van der Waals surface area (Å²) in [5.41, 5.74) is 7.59. The van der Waals surface area contributed by atoms with E-state index < -0.39 is 0 Å². The lowest BCUT2D eigenvalue weighted by Gasteiger charge is -2.22. The Kier molecular flexibility index (Phi) is 3.55. The molecular weight excluding hydrogens is 210 g/mol. The van der Waals surface area contributed by atoms with Crippen LogP contribution in [-0.2, 0) is 0 Å². The van der Waals surface area contributed by atoms with Gasteiger partial charge in [0.1, 0.15) is 5.82 Å². The summed E-state index contributed by atoms with van der Waals surface area (Å²) < 4.78 is 0. The van der Waals surface area contributed by atoms with Crippen LogP contribution in [-0.4, -0.2) is 11.0 Å². The Balaban J connectivity index is 2.06. The molecule has 0 aromatic carbocycles. The van der Waals surface area contributed by atoms with Crippen LogP contribution < -0.4 is 11.1 Å². The van der Waals surface area contributed by atoms with Crippen LogP contribution in [0.15, 0.2) is 12.3 Å². The van der Waals surface area contributed by atoms with E-state index in [0.717, 1.165) is 28.9 Å². The minimum absolute atomic E-state index is 0.565. The van der Waals surface area contributed by atoms with Crippen LogP contribution >= 0.6 is 0 Å². The van der Waals surface area contributed by atoms with Crippen molar-refractivity contribution in [3.8, 4) is 0 Å². The highest BCUT2D eigenvalue weighted by molar-refractivity contribution is 5.51. The number of nitrogens with two attached hydrogens (primary N) is 1. The summed E-state index contributed by atoms with van der Waals surface area (Å²) in [5, 5.41) is 3.58. The zero-order chi connectivity index (χ0) is 12.4. The summed E-state index contributed by atoms with van der Waals surface area (Å²) in [6, 6.07) is 2.54. The fourth-order valence-corrected chi connectivity index (χ4v) is 2.95. The lowest BCUT2D eigenvalue weighted by atomic mass is 9.93. The molecule has 1 fully saturated rings. The summed E-state index contributed by atoms with van der Waals surface area (Å²) in [7, 11) is 0. The molecule has 1 saturated carbocycles. The van der Waals surface area contributed by atoms with E-state index in [-0.39, 0.29) is 0 Å². The minimum Gasteiger partial charge on any atom is -0.397 e. The predicted molar refractivity (Wildman–Crippen MR) is 73.0 cm³/mol. The smallest absolute Gasteiger partial charge is 0.129 e. The molecule has 1 aliphatic rings. The second-order valence-corrected chi connectivity index (χ2v) is 5.29. The zero-order valence-corrected chi connectivity index (χ0v) is 11.0. The molecular formula is C14H23N3. The quantitative estimate of drug-likeness (QED) is 0.843. The maximum absolute atomic E-state index is 5.72. The van der Waals surface area contributed by atoms with Crippen molar-refractivity contribution in [2.45, 2.75) is 46.1 Å². The van der Waals surface area contributed by atoms with Crippen LogP contribution in [0.1, 0.15) is 38.7 Å². The normalized spacial score (nSPS) is 28.3. The first kappa shape index (κ1) is 12.2. The molecule has 0 spiro atoms. The van der Waals surface area contributed by atoms with Crippen molar-refractivity contribution in [3.05, 3.63) is 17.8 Å². The minimum atomic E-state index is 0.565. The number of nitrogens with one attached hydrogen (secondary N) is 1. The molecule has 1 aliphatic carbocycles. The van der Waals surface area contributed by atoms with E-state index in [9.17, 15) is 0 Å². The van der Waals surface area contributed by atoms with Crippen LogP contribution in [0.25, 0.3) is 0 Å². The van der Waals surface area contributed by atoms with E-state index in [1.807, 2.05) is 6.07 Å². The van der Waals surface area contributed by atoms with Crippen molar-refractivity contribution < 1.29 is 0 Å². The zero-order valence-electron chi connectivity index (χ0n) is 11.0. The number of hydrogen-bond acceptors (Lipinski definition) is 3. The van der Waals surface area contributed by atoms with Gasteiger partial charge in [-0.25, -0.2) is 4.98 Å². The first-order valence-electron chi connectivity index (χ1n) is 6.60. The van der Waals surface area contributed by atoms with Crippen molar-refractivity contribution in [2.24, 2.45) is 11.8 Å². The van der Waals surface area contributed by atoms with Crippen LogP contribution in [0.3, 0.4) is 0 Å². The largest absolute Gasteiger partial charge is 0.397 e. The molecule has 3 nitrogen and oxygen atoms in total. The molecule has 0 amide bonds. The Labute approximate surface area is 104 Å². The topological polar surface area (TPSA) is 50.9 Å². The van der Waals surface area contributed by atoms with Gasteiger partial charge in [-0.15, -0.1) is 0 Å². The van der Waals surface area contributed by atoms with Gasteiger partial charge >= 0.3 is 0 Å². The van der Waals surface area contributed by atoms with Gasteiger partial charge in [0, 0.05) is 6.04 Å². The molecule has 1 heterocycles. The maximum atomic E-state index is 5.72. The summed E-state index contributed by atoms with van der Waals surface area (Å²) in [5.74, 6) is 2.59. The Morgan fingerprint density at radius 1 is 1.47 bits per heavy atom. The molecule has 0 radical (unpaired) electrons. The number of anilines is 2. The van der Waals surface area contributed by atoms with E-state index in [0.29, 0.717) is 6.04 Å². The second kappa shape index (κ2) is 4.94. The Morgan fingerprint density at radius 3 is 2.82 bits per heavy atom. The summed E-state index contributed by atoms with van der Waals surface area (Å²) in [4.78, 5) is 4.39. The molecule has 94 valence electrons. The summed E-state index contributed by atoms with van der Waals surface area (Å²) >= 11 is 0. The van der Waals surface area contributed by atoms with Gasteiger partial charge in [0.25, 0.3) is 0 Å². The Bertz CT molecular complexity index is 389. The molecule has 3 heteroatoms. The molecule has 1 aromatic heterocycles. The molecule has 2 rings (SSSR count). The van der Waals surface area contributed by atoms with E-state index in [2.05, 4.69) is 31.1 Å². The van der Waals surface area contributed by atoms with Crippen molar-refractivity contribution in [3.63, 3.8) is 0 Å². The molecule has 3 atom stereocenters. The molecule has 0 saturated heterocycles. The van der Waals surface area contributed by atoms with Crippen LogP contribution in [0.4, 0.5) is 11.5 Å². The molecule has 0 aliphatic heterocycles. The van der Waals surface area contributed by atoms with Gasteiger partial charge in [0.05, 0.1) is 11.9 Å². The summed E-state index contributed by atoms with van der Waals surface area (Å²) in [6.45, 7) is 6.70. The van der Waals surface area contributed by atoms with Crippen LogP contribution in [0.5, 0.6) is 0 Å². The number of aryl methyl sites for hydroxylation is 1. The number of nitrogens with zero attached hydrogens (tertiary/aromatic N) is 1. The predicted octanol–water partition coefficient (Wildman–Crippen LogP) is 3.21. The monoisotopic (exact) mass is 233 g/mol. The van der Waals surface area contributed by atoms with Crippen molar-refractivity contribution >= 4 is 11.5 Å². The lowest BCUT2D eigenvalue weighted by Crippen LogP contribution is -2.25. The van der Waals surface area contributed by atoms with Gasteiger partial charge in [-0.1, -0.05) is 20.3 Å². The maximum Gasteiger partial charge on any atom is 0.129 e. The number of aromatic nitrogens is 1. The van der Waals surface area contributed by atoms with Crippen molar-refractivity contribution in [2.75, 3.05) is 11.1 Å². The Hall–Kier alpha value is -1.25. The fourth-order valence-electron chi connectivity index (χ4n) is 2.95. The highest BCUT2D eigenvalue weighted by Gasteiger charge is 2.31. The van der Waals surface area contributed by atoms with Gasteiger partial charge in [-0.3, -0.25) is 0 Å². The highest BCUT2D eigenvalue weighted by atomic mass is 15.0. The van der Waals surface area contributed by atoms with Gasteiger partial charge in [-0.05, 0) is 43.2 Å². The number of nitrogen functional groups attached to an aromatic ring is 1. The first-order chi connectivity index (χ1) is 8.11. The van der Waals surface area contributed by atoms with Crippen molar-refractivity contribution in [1.82, 2.24) is 4.98 Å². The molecule has 3 unspecified atom stereocenters. The third kappa shape index (κ3) is 2.54. The van der Waals surface area contributed by atoms with E-state index >= 15 is 0 Å². The van der Waals surface area contributed by atoms with E-state index in [1.54, 1.807) is 6.20 Å². The van der Waals surface area contributed by atoms with Crippen LogP contribution in [0, 0.1) is 18.8 Å². The van der Waals surface area contributed by atoms with Gasteiger partial charge in [0.2, 0.25) is 0 Å². The van der Waals surface area contributed by atoms with Gasteiger partial charge in [-0.2, -0.15) is 0 Å². The highest BCUT2D eigenvalue weighted by Crippen LogP contribution is 2.35. The first-order valence-corrected chi connectivity index (χ1v) is 6.60. The standard InChI is InChI=1S/C14H23N3/c1-4-11-5-6-13(10(11)3)17-14-9(2)7-12(15)8-16-14/h7-8,10-11,13H,4-6,15H2,1-3H3,(H,16,17). The van der Waals surface area contributed by atoms with Crippen molar-refractivity contribution in [1.29, 1.82) is 0 Å². The van der Waals surface area contributed by atoms with Gasteiger partial charge in [0.15, 0.2) is 0 Å². The number of hydrogen-bond donors (Lipinski definition) is 2.